The zero-order chi connectivity index (χ0) is 17.9. The molecule has 1 saturated carbocycles. The molecule has 0 aliphatic heterocycles. The molecule has 0 aromatic heterocycles. The Morgan fingerprint density at radius 1 is 1.32 bits per heavy atom. The quantitative estimate of drug-likeness (QED) is 0.623. The molecule has 1 fully saturated rings. The maximum absolute atomic E-state index is 12.1. The van der Waals surface area contributed by atoms with Crippen molar-refractivity contribution in [2.75, 3.05) is 11.9 Å². The Balaban J connectivity index is 0.00000312. The summed E-state index contributed by atoms with van der Waals surface area (Å²) in [6, 6.07) is 5.26. The van der Waals surface area contributed by atoms with Crippen molar-refractivity contribution in [1.29, 1.82) is 5.26 Å². The minimum absolute atomic E-state index is 0. The van der Waals surface area contributed by atoms with Gasteiger partial charge in [-0.3, -0.25) is 4.79 Å². The van der Waals surface area contributed by atoms with Crippen LogP contribution in [-0.4, -0.2) is 24.7 Å². The van der Waals surface area contributed by atoms with Crippen LogP contribution in [0.5, 0.6) is 5.75 Å². The number of carboxylic acids is 1. The Morgan fingerprint density at radius 2 is 1.96 bits per heavy atom. The molecular weight excluding hydrogens is 352 g/mol. The van der Waals surface area contributed by atoms with Crippen LogP contribution in [0.1, 0.15) is 18.4 Å². The van der Waals surface area contributed by atoms with Crippen molar-refractivity contribution >= 4 is 17.6 Å². The summed E-state index contributed by atoms with van der Waals surface area (Å²) in [6.07, 6.45) is -3.78. The summed E-state index contributed by atoms with van der Waals surface area (Å²) in [5.41, 5.74) is -0.0120. The largest absolute Gasteiger partial charge is 1.00 e. The summed E-state index contributed by atoms with van der Waals surface area (Å²) >= 11 is 0. The normalized spacial score (nSPS) is 19.0. The molecule has 1 N–H and O–H groups in total. The molecule has 1 amide bonds. The minimum Gasteiger partial charge on any atom is -0.550 e. The van der Waals surface area contributed by atoms with E-state index in [1.165, 1.54) is 6.07 Å². The Hall–Kier alpha value is -1.76. The molecule has 1 aliphatic rings. The van der Waals surface area contributed by atoms with Crippen molar-refractivity contribution in [3.05, 3.63) is 23.8 Å². The van der Waals surface area contributed by atoms with Gasteiger partial charge in [0, 0.05) is 23.5 Å². The fraction of sp³-hybridized carbons (Fsp3) is 0.400. The van der Waals surface area contributed by atoms with Crippen LogP contribution < -0.4 is 44.7 Å². The molecule has 2 atom stereocenters. The van der Waals surface area contributed by atoms with Gasteiger partial charge in [0.15, 0.2) is 6.61 Å². The van der Waals surface area contributed by atoms with Crippen LogP contribution in [0.4, 0.5) is 18.9 Å². The standard InChI is InChI=1S/C15H13F3N2O4.Na/c16-15(17,18)7-24-12-4-1-9(5-8(12)6-19)20-13(21)10-2-3-11(10)14(22)23;/h1,4-5,10-11H,2-3,7H2,(H,20,21)(H,22,23);/q;+1/p-1/t10-,11+;/m0./s1. The first-order chi connectivity index (χ1) is 11.2. The average Bonchev–Trinajstić information content (AvgIpc) is 2.42. The van der Waals surface area contributed by atoms with Crippen molar-refractivity contribution < 1.29 is 62.2 Å². The molecule has 1 aromatic carbocycles. The summed E-state index contributed by atoms with van der Waals surface area (Å²) in [7, 11) is 0. The molecule has 0 spiro atoms. The fourth-order valence-electron chi connectivity index (χ4n) is 2.31. The SMILES string of the molecule is N#Cc1cc(NC(=O)[C@H]2CC[C@H]2C(=O)[O-])ccc1OCC(F)(F)F.[Na+]. The number of nitriles is 1. The van der Waals surface area contributed by atoms with E-state index in [9.17, 15) is 27.9 Å². The van der Waals surface area contributed by atoms with E-state index in [1.807, 2.05) is 0 Å². The first-order valence-electron chi connectivity index (χ1n) is 6.96. The molecule has 0 heterocycles. The van der Waals surface area contributed by atoms with Crippen LogP contribution in [0.2, 0.25) is 0 Å². The number of rotatable bonds is 5. The summed E-state index contributed by atoms with van der Waals surface area (Å²) in [5.74, 6) is -3.67. The topological polar surface area (TPSA) is 102 Å². The first kappa shape index (κ1) is 21.3. The van der Waals surface area contributed by atoms with E-state index < -0.39 is 36.5 Å². The van der Waals surface area contributed by atoms with E-state index in [-0.39, 0.29) is 46.6 Å². The number of nitrogens with zero attached hydrogens (tertiary/aromatic N) is 1. The third kappa shape index (κ3) is 5.63. The second kappa shape index (κ2) is 8.56. The Kier molecular flexibility index (Phi) is 7.29. The Labute approximate surface area is 163 Å². The van der Waals surface area contributed by atoms with E-state index in [0.717, 1.165) is 12.1 Å². The monoisotopic (exact) mass is 364 g/mol. The number of benzene rings is 1. The van der Waals surface area contributed by atoms with Crippen molar-refractivity contribution in [3.8, 4) is 11.8 Å². The minimum atomic E-state index is -4.54. The van der Waals surface area contributed by atoms with E-state index in [0.29, 0.717) is 12.8 Å². The number of halogens is 3. The van der Waals surface area contributed by atoms with Gasteiger partial charge in [0.2, 0.25) is 5.91 Å². The predicted octanol–water partition coefficient (Wildman–Crippen LogP) is -1.78. The number of aliphatic carboxylic acids is 1. The number of carbonyl (C=O) groups is 2. The van der Waals surface area contributed by atoms with Gasteiger partial charge in [0.1, 0.15) is 11.8 Å². The van der Waals surface area contributed by atoms with Gasteiger partial charge in [-0.25, -0.2) is 0 Å². The molecule has 10 heteroatoms. The number of alkyl halides is 3. The number of carbonyl (C=O) groups excluding carboxylic acids is 2. The third-order valence-electron chi connectivity index (χ3n) is 3.67. The predicted molar refractivity (Wildman–Crippen MR) is 72.6 cm³/mol. The summed E-state index contributed by atoms with van der Waals surface area (Å²) < 4.78 is 41.0. The number of nitrogens with one attached hydrogen (secondary N) is 1. The van der Waals surface area contributed by atoms with Crippen LogP contribution in [0.25, 0.3) is 0 Å². The number of ether oxygens (including phenoxy) is 1. The van der Waals surface area contributed by atoms with Gasteiger partial charge in [-0.05, 0) is 31.0 Å². The summed E-state index contributed by atoms with van der Waals surface area (Å²) in [4.78, 5) is 22.8. The van der Waals surface area contributed by atoms with Crippen molar-refractivity contribution in [2.45, 2.75) is 19.0 Å². The Bertz CT molecular complexity index is 703. The molecule has 0 radical (unpaired) electrons. The number of hydrogen-bond acceptors (Lipinski definition) is 5. The van der Waals surface area contributed by atoms with Gasteiger partial charge in [0.25, 0.3) is 0 Å². The van der Waals surface area contributed by atoms with Crippen LogP contribution in [-0.2, 0) is 9.59 Å². The van der Waals surface area contributed by atoms with Crippen molar-refractivity contribution in [3.63, 3.8) is 0 Å². The molecule has 1 aromatic rings. The maximum Gasteiger partial charge on any atom is 1.00 e. The second-order valence-electron chi connectivity index (χ2n) is 5.33. The van der Waals surface area contributed by atoms with E-state index >= 15 is 0 Å². The van der Waals surface area contributed by atoms with Gasteiger partial charge < -0.3 is 20.0 Å². The molecule has 0 unspecified atom stereocenters. The third-order valence-corrected chi connectivity index (χ3v) is 3.67. The van der Waals surface area contributed by atoms with Crippen LogP contribution >= 0.6 is 0 Å². The number of amides is 1. The van der Waals surface area contributed by atoms with Crippen LogP contribution in [0, 0.1) is 23.2 Å². The molecular formula is C15H12F3N2NaO4. The maximum atomic E-state index is 12.1. The molecule has 2 rings (SSSR count). The zero-order valence-corrected chi connectivity index (χ0v) is 15.2. The summed E-state index contributed by atoms with van der Waals surface area (Å²) in [5, 5.41) is 22.2. The van der Waals surface area contributed by atoms with E-state index in [4.69, 9.17) is 5.26 Å². The molecule has 128 valence electrons. The number of anilines is 1. The van der Waals surface area contributed by atoms with Gasteiger partial charge in [-0.15, -0.1) is 0 Å². The number of hydrogen-bond donors (Lipinski definition) is 1. The van der Waals surface area contributed by atoms with Crippen LogP contribution in [0.3, 0.4) is 0 Å². The van der Waals surface area contributed by atoms with Gasteiger partial charge in [-0.2, -0.15) is 18.4 Å². The zero-order valence-electron chi connectivity index (χ0n) is 13.2. The van der Waals surface area contributed by atoms with Crippen molar-refractivity contribution in [1.82, 2.24) is 0 Å². The van der Waals surface area contributed by atoms with Gasteiger partial charge in [0.05, 0.1) is 5.56 Å². The molecule has 25 heavy (non-hydrogen) atoms. The first-order valence-corrected chi connectivity index (χ1v) is 6.96. The van der Waals surface area contributed by atoms with E-state index in [1.54, 1.807) is 6.07 Å². The van der Waals surface area contributed by atoms with E-state index in [2.05, 4.69) is 10.1 Å². The van der Waals surface area contributed by atoms with Crippen LogP contribution in [0.15, 0.2) is 18.2 Å². The van der Waals surface area contributed by atoms with Crippen molar-refractivity contribution in [2.24, 2.45) is 11.8 Å². The smallest absolute Gasteiger partial charge is 0.550 e. The second-order valence-corrected chi connectivity index (χ2v) is 5.33. The van der Waals surface area contributed by atoms with Gasteiger partial charge in [-0.1, -0.05) is 0 Å². The molecule has 1 aliphatic carbocycles. The Morgan fingerprint density at radius 3 is 2.44 bits per heavy atom. The fourth-order valence-corrected chi connectivity index (χ4v) is 2.31. The summed E-state index contributed by atoms with van der Waals surface area (Å²) in [6.45, 7) is -1.54. The molecule has 0 saturated heterocycles. The average molecular weight is 364 g/mol. The van der Waals surface area contributed by atoms with Gasteiger partial charge >= 0.3 is 35.7 Å². The number of carboxylic acid groups (broad SMARTS) is 1. The molecule has 0 bridgehead atoms. The molecule has 6 nitrogen and oxygen atoms in total.